The normalized spacial score (nSPS) is 14.8. The molecule has 2 aliphatic rings. The van der Waals surface area contributed by atoms with E-state index in [4.69, 9.17) is 9.97 Å². The number of aromatic nitrogens is 2. The van der Waals surface area contributed by atoms with Crippen molar-refractivity contribution in [3.05, 3.63) is 168 Å². The van der Waals surface area contributed by atoms with Gasteiger partial charge in [0.25, 0.3) is 0 Å². The van der Waals surface area contributed by atoms with E-state index in [2.05, 4.69) is 161 Å². The predicted molar refractivity (Wildman–Crippen MR) is 218 cm³/mol. The molecule has 0 N–H and O–H groups in total. The van der Waals surface area contributed by atoms with E-state index in [1.807, 2.05) is 12.3 Å². The third-order valence-electron chi connectivity index (χ3n) is 12.2. The summed E-state index contributed by atoms with van der Waals surface area (Å²) in [6.45, 7) is 9.69. The molecule has 0 unspecified atom stereocenters. The molecule has 0 saturated heterocycles. The maximum absolute atomic E-state index is 5.36. The second kappa shape index (κ2) is 10.2. The number of benzene rings is 7. The average molecular weight is 665 g/mol. The summed E-state index contributed by atoms with van der Waals surface area (Å²) in [7, 11) is 0. The topological polar surface area (TPSA) is 25.8 Å². The fourth-order valence-electron chi connectivity index (χ4n) is 9.91. The van der Waals surface area contributed by atoms with Crippen molar-refractivity contribution in [3.63, 3.8) is 0 Å². The van der Waals surface area contributed by atoms with Gasteiger partial charge in [-0.3, -0.25) is 4.98 Å². The van der Waals surface area contributed by atoms with Crippen molar-refractivity contribution in [1.29, 1.82) is 0 Å². The van der Waals surface area contributed by atoms with Crippen molar-refractivity contribution in [3.8, 4) is 44.6 Å². The van der Waals surface area contributed by atoms with Gasteiger partial charge in [-0.2, -0.15) is 0 Å². The highest BCUT2D eigenvalue weighted by atomic mass is 14.8. The first-order chi connectivity index (χ1) is 25.3. The molecule has 0 radical (unpaired) electrons. The van der Waals surface area contributed by atoms with Crippen molar-refractivity contribution < 1.29 is 0 Å². The molecule has 0 saturated carbocycles. The van der Waals surface area contributed by atoms with Gasteiger partial charge >= 0.3 is 0 Å². The van der Waals surface area contributed by atoms with E-state index in [-0.39, 0.29) is 10.8 Å². The summed E-state index contributed by atoms with van der Waals surface area (Å²) in [6.07, 6.45) is 1.86. The van der Waals surface area contributed by atoms with Crippen LogP contribution < -0.4 is 0 Å². The van der Waals surface area contributed by atoms with E-state index in [0.717, 1.165) is 33.1 Å². The first-order valence-corrected chi connectivity index (χ1v) is 18.3. The molecule has 2 heterocycles. The Morgan fingerprint density at radius 1 is 0.423 bits per heavy atom. The quantitative estimate of drug-likeness (QED) is 0.136. The number of fused-ring (bicyclic) bond motifs is 12. The van der Waals surface area contributed by atoms with Crippen LogP contribution in [0.1, 0.15) is 49.9 Å². The SMILES string of the molecule is CC1(C)c2ccccc2-c2ccc3c(c21)C(C)(C)c1cc(-c2c4ccccc4c(-c4ccc5ccc6cccnc6c5n4)c4ccccc24)ccc1-3. The summed E-state index contributed by atoms with van der Waals surface area (Å²) in [5.74, 6) is 0. The lowest BCUT2D eigenvalue weighted by molar-refractivity contribution is 0.601. The molecule has 2 nitrogen and oxygen atoms in total. The molecule has 9 aromatic rings. The van der Waals surface area contributed by atoms with E-state index in [1.165, 1.54) is 77.2 Å². The Morgan fingerprint density at radius 2 is 0.962 bits per heavy atom. The molecule has 2 aliphatic carbocycles. The highest BCUT2D eigenvalue weighted by Gasteiger charge is 2.45. The Labute approximate surface area is 303 Å². The molecule has 2 heteroatoms. The van der Waals surface area contributed by atoms with E-state index in [0.29, 0.717) is 0 Å². The third kappa shape index (κ3) is 3.79. The molecule has 0 bridgehead atoms. The fraction of sp³-hybridized carbons (Fsp3) is 0.120. The average Bonchev–Trinajstić information content (AvgIpc) is 3.55. The summed E-state index contributed by atoms with van der Waals surface area (Å²) in [6, 6.07) is 51.5. The third-order valence-corrected chi connectivity index (χ3v) is 12.2. The van der Waals surface area contributed by atoms with E-state index >= 15 is 0 Å². The standard InChI is InChI=1S/C50H36N2/c1-49(2)40-18-10-9-13-32(40)38-24-25-39-33-23-21-31(28-41(33)50(3,4)46(39)45(38)49)43-34-14-5-7-16-36(34)44(37-17-8-6-15-35(37)43)42-26-22-30-20-19-29-12-11-27-51-47(29)48(30)52-42/h5-28H,1-4H3. The molecule has 0 aliphatic heterocycles. The van der Waals surface area contributed by atoms with Gasteiger partial charge in [0.2, 0.25) is 0 Å². The minimum absolute atomic E-state index is 0.0687. The Hall–Kier alpha value is -6.12. The molecule has 0 spiro atoms. The summed E-state index contributed by atoms with van der Waals surface area (Å²) >= 11 is 0. The molecule has 246 valence electrons. The van der Waals surface area contributed by atoms with E-state index in [9.17, 15) is 0 Å². The summed E-state index contributed by atoms with van der Waals surface area (Å²) < 4.78 is 0. The van der Waals surface area contributed by atoms with Gasteiger partial charge in [-0.1, -0.05) is 149 Å². The zero-order valence-corrected chi connectivity index (χ0v) is 29.8. The van der Waals surface area contributed by atoms with Crippen LogP contribution in [0.5, 0.6) is 0 Å². The molecule has 0 fully saturated rings. The van der Waals surface area contributed by atoms with Crippen LogP contribution in [-0.4, -0.2) is 9.97 Å². The first-order valence-electron chi connectivity index (χ1n) is 18.3. The van der Waals surface area contributed by atoms with Gasteiger partial charge in [-0.25, -0.2) is 4.98 Å². The molecular formula is C50H36N2. The van der Waals surface area contributed by atoms with Crippen molar-refractivity contribution in [2.24, 2.45) is 0 Å². The largest absolute Gasteiger partial charge is 0.254 e. The molecule has 52 heavy (non-hydrogen) atoms. The van der Waals surface area contributed by atoms with Crippen molar-refractivity contribution in [2.75, 3.05) is 0 Å². The van der Waals surface area contributed by atoms with Crippen LogP contribution in [0, 0.1) is 0 Å². The van der Waals surface area contributed by atoms with Crippen LogP contribution in [0.4, 0.5) is 0 Å². The molecule has 7 aromatic carbocycles. The fourth-order valence-corrected chi connectivity index (χ4v) is 9.91. The minimum Gasteiger partial charge on any atom is -0.254 e. The molecule has 0 atom stereocenters. The Kier molecular flexibility index (Phi) is 5.83. The van der Waals surface area contributed by atoms with Crippen LogP contribution in [0.15, 0.2) is 146 Å². The van der Waals surface area contributed by atoms with Gasteiger partial charge < -0.3 is 0 Å². The van der Waals surface area contributed by atoms with Gasteiger partial charge in [0, 0.05) is 33.4 Å². The monoisotopic (exact) mass is 664 g/mol. The number of rotatable bonds is 2. The molecular weight excluding hydrogens is 629 g/mol. The van der Waals surface area contributed by atoms with Crippen LogP contribution in [-0.2, 0) is 10.8 Å². The second-order valence-electron chi connectivity index (χ2n) is 15.7. The first kappa shape index (κ1) is 29.6. The highest BCUT2D eigenvalue weighted by Crippen LogP contribution is 2.59. The summed E-state index contributed by atoms with van der Waals surface area (Å²) in [4.78, 5) is 10.1. The maximum atomic E-state index is 5.36. The number of pyridine rings is 2. The predicted octanol–water partition coefficient (Wildman–Crippen LogP) is 13.0. The lowest BCUT2D eigenvalue weighted by Crippen LogP contribution is -2.24. The summed E-state index contributed by atoms with van der Waals surface area (Å²) in [5, 5.41) is 7.08. The maximum Gasteiger partial charge on any atom is 0.0972 e. The van der Waals surface area contributed by atoms with Gasteiger partial charge in [0.15, 0.2) is 0 Å². The highest BCUT2D eigenvalue weighted by molar-refractivity contribution is 6.21. The van der Waals surface area contributed by atoms with Crippen molar-refractivity contribution >= 4 is 43.4 Å². The van der Waals surface area contributed by atoms with Crippen LogP contribution in [0.2, 0.25) is 0 Å². The van der Waals surface area contributed by atoms with E-state index in [1.54, 1.807) is 0 Å². The Bertz CT molecular complexity index is 2960. The number of nitrogens with zero attached hydrogens (tertiary/aromatic N) is 2. The smallest absolute Gasteiger partial charge is 0.0972 e. The van der Waals surface area contributed by atoms with Gasteiger partial charge in [0.05, 0.1) is 16.7 Å². The van der Waals surface area contributed by atoms with Crippen molar-refractivity contribution in [2.45, 2.75) is 38.5 Å². The van der Waals surface area contributed by atoms with Crippen molar-refractivity contribution in [1.82, 2.24) is 9.97 Å². The number of hydrogen-bond acceptors (Lipinski definition) is 2. The van der Waals surface area contributed by atoms with Gasteiger partial charge in [-0.15, -0.1) is 0 Å². The van der Waals surface area contributed by atoms with Crippen LogP contribution in [0.3, 0.4) is 0 Å². The number of hydrogen-bond donors (Lipinski definition) is 0. The molecule has 2 aromatic heterocycles. The van der Waals surface area contributed by atoms with E-state index < -0.39 is 0 Å². The van der Waals surface area contributed by atoms with Gasteiger partial charge in [0.1, 0.15) is 0 Å². The van der Waals surface area contributed by atoms with Crippen LogP contribution in [0.25, 0.3) is 88.0 Å². The summed E-state index contributed by atoms with van der Waals surface area (Å²) in [5.41, 5.74) is 17.6. The second-order valence-corrected chi connectivity index (χ2v) is 15.7. The Morgan fingerprint density at radius 3 is 1.65 bits per heavy atom. The van der Waals surface area contributed by atoms with Crippen LogP contribution >= 0.6 is 0 Å². The molecule has 11 rings (SSSR count). The minimum atomic E-state index is -0.164. The lowest BCUT2D eigenvalue weighted by atomic mass is 9.72. The van der Waals surface area contributed by atoms with Gasteiger partial charge in [-0.05, 0) is 95.4 Å². The zero-order valence-electron chi connectivity index (χ0n) is 29.8. The lowest BCUT2D eigenvalue weighted by Gasteiger charge is -2.31. The zero-order chi connectivity index (χ0) is 34.9. The Balaban J connectivity index is 1.14. The molecule has 0 amide bonds.